The topological polar surface area (TPSA) is 12.4 Å². The molecule has 24 heavy (non-hydrogen) atoms. The van der Waals surface area contributed by atoms with Crippen molar-refractivity contribution in [1.29, 1.82) is 0 Å². The summed E-state index contributed by atoms with van der Waals surface area (Å²) >= 11 is 3.34. The Kier molecular flexibility index (Phi) is 8.13. The van der Waals surface area contributed by atoms with Crippen molar-refractivity contribution >= 4 is 34.3 Å². The monoisotopic (exact) mass is 359 g/mol. The first kappa shape index (κ1) is 18.8. The second-order valence-electron chi connectivity index (χ2n) is 5.36. The molecule has 2 aromatic rings. The van der Waals surface area contributed by atoms with Crippen LogP contribution in [0.2, 0.25) is 0 Å². The van der Waals surface area contributed by atoms with Gasteiger partial charge in [0, 0.05) is 4.90 Å². The first-order valence-corrected chi connectivity index (χ1v) is 9.91. The average Bonchev–Trinajstić information content (AvgIpc) is 2.58. The van der Waals surface area contributed by atoms with Crippen LogP contribution in [0.15, 0.2) is 69.9 Å². The minimum atomic E-state index is -0.208. The molecule has 0 aliphatic rings. The van der Waals surface area contributed by atoms with Crippen molar-refractivity contribution in [3.8, 4) is 0 Å². The standard InChI is InChI=1S/C20H22FNS2/c1-3-4-14-24-20(22-18-9-5-16(2)6-10-18)13-15-23-19-11-7-17(21)8-12-19/h5-13,15H,3-4,14H2,1-2H3. The molecule has 0 heterocycles. The summed E-state index contributed by atoms with van der Waals surface area (Å²) in [5.74, 6) is 0.854. The molecule has 0 saturated heterocycles. The molecular formula is C20H22FNS2. The van der Waals surface area contributed by atoms with Crippen molar-refractivity contribution in [3.05, 3.63) is 71.4 Å². The van der Waals surface area contributed by atoms with Gasteiger partial charge in [0.2, 0.25) is 0 Å². The van der Waals surface area contributed by atoms with Crippen LogP contribution in [0.25, 0.3) is 0 Å². The van der Waals surface area contributed by atoms with E-state index in [1.165, 1.54) is 30.5 Å². The first-order valence-electron chi connectivity index (χ1n) is 8.04. The van der Waals surface area contributed by atoms with Crippen LogP contribution in [0, 0.1) is 12.7 Å². The van der Waals surface area contributed by atoms with Crippen molar-refractivity contribution < 1.29 is 4.39 Å². The largest absolute Gasteiger partial charge is 0.242 e. The van der Waals surface area contributed by atoms with E-state index in [1.807, 2.05) is 23.6 Å². The lowest BCUT2D eigenvalue weighted by Crippen LogP contribution is -1.89. The van der Waals surface area contributed by atoms with Crippen LogP contribution in [0.5, 0.6) is 0 Å². The third-order valence-corrected chi connectivity index (χ3v) is 5.08. The zero-order chi connectivity index (χ0) is 17.2. The molecule has 0 atom stereocenters. The number of nitrogens with zero attached hydrogens (tertiary/aromatic N) is 1. The number of benzene rings is 2. The minimum Gasteiger partial charge on any atom is -0.242 e. The fourth-order valence-corrected chi connectivity index (χ4v) is 3.58. The number of unbranched alkanes of at least 4 members (excludes halogenated alkanes) is 1. The second-order valence-corrected chi connectivity index (χ2v) is 7.46. The summed E-state index contributed by atoms with van der Waals surface area (Å²) in [6, 6.07) is 14.7. The maximum atomic E-state index is 12.9. The van der Waals surface area contributed by atoms with Crippen LogP contribution >= 0.6 is 23.5 Å². The van der Waals surface area contributed by atoms with Gasteiger partial charge in [-0.1, -0.05) is 42.8 Å². The molecule has 0 unspecified atom stereocenters. The fourth-order valence-electron chi connectivity index (χ4n) is 1.87. The summed E-state index contributed by atoms with van der Waals surface area (Å²) in [6.07, 6.45) is 4.39. The summed E-state index contributed by atoms with van der Waals surface area (Å²) in [7, 11) is 0. The van der Waals surface area contributed by atoms with Gasteiger partial charge in [-0.3, -0.25) is 0 Å². The van der Waals surface area contributed by atoms with Crippen LogP contribution in [0.3, 0.4) is 0 Å². The van der Waals surface area contributed by atoms with Crippen molar-refractivity contribution in [3.63, 3.8) is 0 Å². The highest BCUT2D eigenvalue weighted by molar-refractivity contribution is 8.14. The van der Waals surface area contributed by atoms with Gasteiger partial charge < -0.3 is 0 Å². The van der Waals surface area contributed by atoms with Crippen LogP contribution < -0.4 is 0 Å². The van der Waals surface area contributed by atoms with Gasteiger partial charge in [-0.2, -0.15) is 0 Å². The molecular weight excluding hydrogens is 337 g/mol. The first-order chi connectivity index (χ1) is 11.7. The van der Waals surface area contributed by atoms with E-state index in [9.17, 15) is 4.39 Å². The summed E-state index contributed by atoms with van der Waals surface area (Å²) in [5.41, 5.74) is 2.20. The van der Waals surface area contributed by atoms with Gasteiger partial charge in [-0.15, -0.1) is 11.8 Å². The number of hydrogen-bond donors (Lipinski definition) is 0. The van der Waals surface area contributed by atoms with E-state index in [1.54, 1.807) is 35.7 Å². The summed E-state index contributed by atoms with van der Waals surface area (Å²) < 4.78 is 12.9. The molecule has 0 amide bonds. The van der Waals surface area contributed by atoms with E-state index >= 15 is 0 Å². The van der Waals surface area contributed by atoms with Crippen LogP contribution in [-0.2, 0) is 0 Å². The van der Waals surface area contributed by atoms with E-state index < -0.39 is 0 Å². The third-order valence-electron chi connectivity index (χ3n) is 3.25. The number of rotatable bonds is 7. The Hall–Kier alpha value is -1.52. The molecule has 0 aliphatic heterocycles. The van der Waals surface area contributed by atoms with E-state index in [0.29, 0.717) is 0 Å². The minimum absolute atomic E-state index is 0.208. The van der Waals surface area contributed by atoms with E-state index in [-0.39, 0.29) is 5.82 Å². The van der Waals surface area contributed by atoms with Gasteiger partial charge in [0.05, 0.1) is 10.7 Å². The molecule has 0 N–H and O–H groups in total. The highest BCUT2D eigenvalue weighted by atomic mass is 32.2. The molecule has 0 spiro atoms. The molecule has 126 valence electrons. The Morgan fingerprint density at radius 1 is 1.08 bits per heavy atom. The fraction of sp³-hybridized carbons (Fsp3) is 0.250. The summed E-state index contributed by atoms with van der Waals surface area (Å²) in [5, 5.41) is 3.01. The van der Waals surface area contributed by atoms with Gasteiger partial charge in [0.15, 0.2) is 0 Å². The molecule has 0 saturated carbocycles. The van der Waals surface area contributed by atoms with Crippen molar-refractivity contribution in [2.45, 2.75) is 31.6 Å². The van der Waals surface area contributed by atoms with Gasteiger partial charge in [0.1, 0.15) is 5.82 Å². The van der Waals surface area contributed by atoms with Gasteiger partial charge >= 0.3 is 0 Å². The van der Waals surface area contributed by atoms with Gasteiger partial charge in [0.25, 0.3) is 0 Å². The number of aliphatic imine (C=N–C) groups is 1. The molecule has 2 aromatic carbocycles. The van der Waals surface area contributed by atoms with E-state index in [0.717, 1.165) is 21.4 Å². The van der Waals surface area contributed by atoms with Crippen LogP contribution in [-0.4, -0.2) is 10.8 Å². The zero-order valence-corrected chi connectivity index (χ0v) is 15.7. The second kappa shape index (κ2) is 10.4. The van der Waals surface area contributed by atoms with Crippen LogP contribution in [0.1, 0.15) is 25.3 Å². The lowest BCUT2D eigenvalue weighted by atomic mass is 10.2. The normalized spacial score (nSPS) is 12.0. The maximum Gasteiger partial charge on any atom is 0.123 e. The lowest BCUT2D eigenvalue weighted by Gasteiger charge is -2.02. The Morgan fingerprint density at radius 3 is 2.46 bits per heavy atom. The van der Waals surface area contributed by atoms with E-state index in [2.05, 4.69) is 26.0 Å². The van der Waals surface area contributed by atoms with Gasteiger partial charge in [-0.25, -0.2) is 9.38 Å². The van der Waals surface area contributed by atoms with Crippen molar-refractivity contribution in [2.24, 2.45) is 4.99 Å². The van der Waals surface area contributed by atoms with Gasteiger partial charge in [-0.05, 0) is 67.0 Å². The molecule has 4 heteroatoms. The number of halogens is 1. The number of hydrogen-bond acceptors (Lipinski definition) is 3. The molecule has 0 bridgehead atoms. The highest BCUT2D eigenvalue weighted by Crippen LogP contribution is 2.22. The Labute approximate surface area is 152 Å². The lowest BCUT2D eigenvalue weighted by molar-refractivity contribution is 0.626. The Morgan fingerprint density at radius 2 is 1.79 bits per heavy atom. The summed E-state index contributed by atoms with van der Waals surface area (Å²) in [6.45, 7) is 4.27. The summed E-state index contributed by atoms with van der Waals surface area (Å²) in [4.78, 5) is 5.75. The number of thioether (sulfide) groups is 2. The molecule has 1 nitrogen and oxygen atoms in total. The molecule has 0 radical (unpaired) electrons. The predicted molar refractivity (Wildman–Crippen MR) is 107 cm³/mol. The van der Waals surface area contributed by atoms with Crippen LogP contribution in [0.4, 0.5) is 10.1 Å². The van der Waals surface area contributed by atoms with Crippen molar-refractivity contribution in [2.75, 3.05) is 5.75 Å². The molecule has 0 fully saturated rings. The quantitative estimate of drug-likeness (QED) is 0.228. The smallest absolute Gasteiger partial charge is 0.123 e. The van der Waals surface area contributed by atoms with E-state index in [4.69, 9.17) is 4.99 Å². The Bertz CT molecular complexity index is 676. The van der Waals surface area contributed by atoms with Crippen molar-refractivity contribution in [1.82, 2.24) is 0 Å². The Balaban J connectivity index is 2.05. The number of aryl methyl sites for hydroxylation is 1. The third kappa shape index (κ3) is 6.93. The SMILES string of the molecule is CCCCSC(C=CSc1ccc(F)cc1)=Nc1ccc(C)cc1. The maximum absolute atomic E-state index is 12.9. The highest BCUT2D eigenvalue weighted by Gasteiger charge is 1.99. The molecule has 2 rings (SSSR count). The molecule has 0 aliphatic carbocycles. The predicted octanol–water partition coefficient (Wildman–Crippen LogP) is 7.00. The molecule has 0 aromatic heterocycles. The average molecular weight is 360 g/mol. The zero-order valence-electron chi connectivity index (χ0n) is 14.0.